The van der Waals surface area contributed by atoms with Gasteiger partial charge in [0, 0.05) is 38.4 Å². The summed E-state index contributed by atoms with van der Waals surface area (Å²) in [6.07, 6.45) is 4.36. The SMILES string of the molecule is COCCCn1c(SCc2cccnc2)nc2ccccc2c1=O. The van der Waals surface area contributed by atoms with Gasteiger partial charge in [-0.15, -0.1) is 0 Å². The van der Waals surface area contributed by atoms with Crippen molar-refractivity contribution in [1.82, 2.24) is 14.5 Å². The van der Waals surface area contributed by atoms with Crippen LogP contribution in [0.15, 0.2) is 58.7 Å². The molecule has 0 saturated heterocycles. The first-order valence-electron chi connectivity index (χ1n) is 7.80. The van der Waals surface area contributed by atoms with Crippen LogP contribution in [0, 0.1) is 0 Å². The van der Waals surface area contributed by atoms with E-state index in [1.54, 1.807) is 29.6 Å². The van der Waals surface area contributed by atoms with E-state index in [0.717, 1.165) is 28.4 Å². The molecule has 2 heterocycles. The lowest BCUT2D eigenvalue weighted by Crippen LogP contribution is -2.24. The molecule has 0 aliphatic carbocycles. The second-order valence-electron chi connectivity index (χ2n) is 5.36. The summed E-state index contributed by atoms with van der Waals surface area (Å²) in [5.41, 5.74) is 1.85. The molecule has 0 radical (unpaired) electrons. The van der Waals surface area contributed by atoms with Crippen LogP contribution in [0.3, 0.4) is 0 Å². The van der Waals surface area contributed by atoms with E-state index < -0.39 is 0 Å². The summed E-state index contributed by atoms with van der Waals surface area (Å²) >= 11 is 1.56. The van der Waals surface area contributed by atoms with Gasteiger partial charge in [-0.2, -0.15) is 0 Å². The lowest BCUT2D eigenvalue weighted by Gasteiger charge is -2.13. The molecule has 0 N–H and O–H groups in total. The molecular formula is C18H19N3O2S. The Morgan fingerprint density at radius 3 is 2.88 bits per heavy atom. The second-order valence-corrected chi connectivity index (χ2v) is 6.31. The zero-order valence-corrected chi connectivity index (χ0v) is 14.3. The van der Waals surface area contributed by atoms with Crippen LogP contribution < -0.4 is 5.56 Å². The fourth-order valence-corrected chi connectivity index (χ4v) is 3.41. The minimum atomic E-state index is 0.00499. The molecular weight excluding hydrogens is 322 g/mol. The molecule has 0 amide bonds. The number of ether oxygens (including phenoxy) is 1. The minimum Gasteiger partial charge on any atom is -0.385 e. The van der Waals surface area contributed by atoms with Gasteiger partial charge >= 0.3 is 0 Å². The summed E-state index contributed by atoms with van der Waals surface area (Å²) < 4.78 is 6.86. The van der Waals surface area contributed by atoms with Crippen molar-refractivity contribution in [3.05, 3.63) is 64.7 Å². The number of nitrogens with zero attached hydrogens (tertiary/aromatic N) is 3. The highest BCUT2D eigenvalue weighted by Crippen LogP contribution is 2.22. The van der Waals surface area contributed by atoms with Crippen molar-refractivity contribution < 1.29 is 4.74 Å². The van der Waals surface area contributed by atoms with Gasteiger partial charge < -0.3 is 4.74 Å². The summed E-state index contributed by atoms with van der Waals surface area (Å²) in [6, 6.07) is 11.4. The van der Waals surface area contributed by atoms with Crippen LogP contribution in [-0.2, 0) is 17.0 Å². The molecule has 124 valence electrons. The zero-order valence-electron chi connectivity index (χ0n) is 13.5. The largest absolute Gasteiger partial charge is 0.385 e. The molecule has 0 fully saturated rings. The number of thioether (sulfide) groups is 1. The predicted molar refractivity (Wildman–Crippen MR) is 96.3 cm³/mol. The lowest BCUT2D eigenvalue weighted by molar-refractivity contribution is 0.189. The molecule has 0 bridgehead atoms. The van der Waals surface area contributed by atoms with Crippen LogP contribution in [0.25, 0.3) is 10.9 Å². The van der Waals surface area contributed by atoms with Gasteiger partial charge in [0.2, 0.25) is 0 Å². The van der Waals surface area contributed by atoms with E-state index >= 15 is 0 Å². The topological polar surface area (TPSA) is 57.0 Å². The van der Waals surface area contributed by atoms with Crippen LogP contribution >= 0.6 is 11.8 Å². The van der Waals surface area contributed by atoms with Crippen molar-refractivity contribution in [3.63, 3.8) is 0 Å². The van der Waals surface area contributed by atoms with E-state index in [9.17, 15) is 4.79 Å². The third-order valence-electron chi connectivity index (χ3n) is 3.65. The van der Waals surface area contributed by atoms with Crippen molar-refractivity contribution >= 4 is 22.7 Å². The van der Waals surface area contributed by atoms with Gasteiger partial charge in [-0.25, -0.2) is 4.98 Å². The molecule has 1 aromatic carbocycles. The minimum absolute atomic E-state index is 0.00499. The highest BCUT2D eigenvalue weighted by atomic mass is 32.2. The molecule has 0 aliphatic heterocycles. The van der Waals surface area contributed by atoms with Crippen molar-refractivity contribution in [2.75, 3.05) is 13.7 Å². The summed E-state index contributed by atoms with van der Waals surface area (Å²) in [5.74, 6) is 0.725. The number of aromatic nitrogens is 3. The Kier molecular flexibility index (Phi) is 5.61. The third-order valence-corrected chi connectivity index (χ3v) is 4.70. The normalized spacial score (nSPS) is 11.0. The molecule has 0 spiro atoms. The molecule has 3 rings (SSSR count). The monoisotopic (exact) mass is 341 g/mol. The smallest absolute Gasteiger partial charge is 0.262 e. The Balaban J connectivity index is 1.93. The second kappa shape index (κ2) is 8.08. The summed E-state index contributed by atoms with van der Waals surface area (Å²) in [6.45, 7) is 1.21. The molecule has 0 atom stereocenters. The van der Waals surface area contributed by atoms with Gasteiger partial charge in [0.25, 0.3) is 5.56 Å². The Bertz CT molecular complexity index is 865. The van der Waals surface area contributed by atoms with E-state index in [-0.39, 0.29) is 5.56 Å². The first-order valence-corrected chi connectivity index (χ1v) is 8.78. The van der Waals surface area contributed by atoms with Gasteiger partial charge in [0.1, 0.15) is 0 Å². The first kappa shape index (κ1) is 16.7. The van der Waals surface area contributed by atoms with Crippen LogP contribution in [0.1, 0.15) is 12.0 Å². The quantitative estimate of drug-likeness (QED) is 0.375. The first-order chi connectivity index (χ1) is 11.8. The number of pyridine rings is 1. The van der Waals surface area contributed by atoms with E-state index in [1.165, 1.54) is 0 Å². The van der Waals surface area contributed by atoms with Crippen LogP contribution in [-0.4, -0.2) is 28.3 Å². The fraction of sp³-hybridized carbons (Fsp3) is 0.278. The van der Waals surface area contributed by atoms with E-state index in [1.807, 2.05) is 42.6 Å². The lowest BCUT2D eigenvalue weighted by atomic mass is 10.2. The Morgan fingerprint density at radius 2 is 2.08 bits per heavy atom. The van der Waals surface area contributed by atoms with E-state index in [2.05, 4.69) is 4.98 Å². The van der Waals surface area contributed by atoms with Crippen LogP contribution in [0.2, 0.25) is 0 Å². The zero-order chi connectivity index (χ0) is 16.8. The van der Waals surface area contributed by atoms with E-state index in [4.69, 9.17) is 9.72 Å². The maximum Gasteiger partial charge on any atom is 0.262 e. The molecule has 0 aliphatic rings. The van der Waals surface area contributed by atoms with Crippen molar-refractivity contribution in [2.45, 2.75) is 23.9 Å². The van der Waals surface area contributed by atoms with Crippen molar-refractivity contribution in [3.8, 4) is 0 Å². The molecule has 6 heteroatoms. The maximum atomic E-state index is 12.8. The summed E-state index contributed by atoms with van der Waals surface area (Å²) in [4.78, 5) is 21.6. The van der Waals surface area contributed by atoms with Gasteiger partial charge in [0.15, 0.2) is 5.16 Å². The van der Waals surface area contributed by atoms with Gasteiger partial charge in [-0.05, 0) is 30.2 Å². The van der Waals surface area contributed by atoms with Gasteiger partial charge in [0.05, 0.1) is 10.9 Å². The molecule has 0 unspecified atom stereocenters. The standard InChI is InChI=1S/C18H19N3O2S/c1-23-11-5-10-21-17(22)15-7-2-3-8-16(15)20-18(21)24-13-14-6-4-9-19-12-14/h2-4,6-9,12H,5,10-11,13H2,1H3. The highest BCUT2D eigenvalue weighted by Gasteiger charge is 2.11. The number of hydrogen-bond donors (Lipinski definition) is 0. The highest BCUT2D eigenvalue weighted by molar-refractivity contribution is 7.98. The number of benzene rings is 1. The van der Waals surface area contributed by atoms with Crippen LogP contribution in [0.5, 0.6) is 0 Å². The number of rotatable bonds is 7. The molecule has 0 saturated carbocycles. The average molecular weight is 341 g/mol. The van der Waals surface area contributed by atoms with Gasteiger partial charge in [-0.1, -0.05) is 30.0 Å². The Labute approximate surface area is 144 Å². The Hall–Kier alpha value is -2.18. The van der Waals surface area contributed by atoms with E-state index in [0.29, 0.717) is 18.5 Å². The Morgan fingerprint density at radius 1 is 1.21 bits per heavy atom. The molecule has 24 heavy (non-hydrogen) atoms. The number of para-hydroxylation sites is 1. The number of methoxy groups -OCH3 is 1. The van der Waals surface area contributed by atoms with Gasteiger partial charge in [-0.3, -0.25) is 14.3 Å². The molecule has 3 aromatic rings. The molecule has 2 aromatic heterocycles. The number of hydrogen-bond acceptors (Lipinski definition) is 5. The third kappa shape index (κ3) is 3.83. The maximum absolute atomic E-state index is 12.8. The molecule has 5 nitrogen and oxygen atoms in total. The average Bonchev–Trinajstić information content (AvgIpc) is 2.63. The fourth-order valence-electron chi connectivity index (χ4n) is 2.45. The van der Waals surface area contributed by atoms with Crippen LogP contribution in [0.4, 0.5) is 0 Å². The predicted octanol–water partition coefficient (Wildman–Crippen LogP) is 3.12. The van der Waals surface area contributed by atoms with Crippen molar-refractivity contribution in [2.24, 2.45) is 0 Å². The summed E-state index contributed by atoms with van der Waals surface area (Å²) in [5, 5.41) is 1.39. The number of fused-ring (bicyclic) bond motifs is 1. The summed E-state index contributed by atoms with van der Waals surface area (Å²) in [7, 11) is 1.67. The van der Waals surface area contributed by atoms with Crippen molar-refractivity contribution in [1.29, 1.82) is 0 Å².